The first-order valence-electron chi connectivity index (χ1n) is 4.26. The second kappa shape index (κ2) is 33.2. The number of carbonyl (C=O) groups excluding carboxylic acids is 2. The molecule has 107 valence electrons. The number of ketones is 1. The third kappa shape index (κ3) is 70.8. The Kier molecular flexibility index (Phi) is 63.3. The van der Waals surface area contributed by atoms with Crippen molar-refractivity contribution in [3.8, 4) is 0 Å². The molecule has 0 aromatic heterocycles. The first kappa shape index (κ1) is 38.2. The minimum Gasteiger partial charge on any atom is -0.307 e. The van der Waals surface area contributed by atoms with Crippen molar-refractivity contribution in [1.82, 2.24) is 0 Å². The summed E-state index contributed by atoms with van der Waals surface area (Å²) in [6.07, 6.45) is 5.24. The standard InChI is InChI=1S/C6H10O.CH2O.3Na.2H2O3S/c7-6-4-2-1-3-5-6;1-2;;;;2*1-4(2)3/h1-5H2;1H2;;;;2*(H2,1,2,3). The van der Waals surface area contributed by atoms with Gasteiger partial charge < -0.3 is 4.79 Å². The summed E-state index contributed by atoms with van der Waals surface area (Å²) in [5.41, 5.74) is 0. The summed E-state index contributed by atoms with van der Waals surface area (Å²) in [7, 11) is 0. The van der Waals surface area contributed by atoms with Gasteiger partial charge in [-0.1, -0.05) is 6.42 Å². The Morgan fingerprint density at radius 1 is 0.750 bits per heavy atom. The van der Waals surface area contributed by atoms with Gasteiger partial charge in [0.05, 0.1) is 0 Å². The summed E-state index contributed by atoms with van der Waals surface area (Å²) in [5.74, 6) is 0.464. The Balaban J connectivity index is -0.0000000339. The van der Waals surface area contributed by atoms with E-state index < -0.39 is 22.7 Å². The maximum absolute atomic E-state index is 10.5. The van der Waals surface area contributed by atoms with Crippen LogP contribution in [0.25, 0.3) is 0 Å². The first-order valence-corrected chi connectivity index (χ1v) is 6.39. The molecule has 1 fully saturated rings. The van der Waals surface area contributed by atoms with Crippen molar-refractivity contribution < 1.29 is 36.2 Å². The molecule has 0 atom stereocenters. The molecule has 0 bridgehead atoms. The van der Waals surface area contributed by atoms with Crippen LogP contribution in [0.15, 0.2) is 0 Å². The van der Waals surface area contributed by atoms with Crippen molar-refractivity contribution in [2.45, 2.75) is 32.1 Å². The molecular formula is C7H16Na3O8S2. The van der Waals surface area contributed by atoms with Crippen molar-refractivity contribution in [3.63, 3.8) is 0 Å². The maximum atomic E-state index is 10.5. The minimum atomic E-state index is -2.61. The topological polar surface area (TPSA) is 149 Å². The first-order chi connectivity index (χ1) is 7.86. The molecule has 0 unspecified atom stereocenters. The van der Waals surface area contributed by atoms with Gasteiger partial charge in [0, 0.05) is 102 Å². The molecule has 0 amide bonds. The molecule has 0 aliphatic heterocycles. The fourth-order valence-corrected chi connectivity index (χ4v) is 0.946. The zero-order valence-electron chi connectivity index (χ0n) is 12.0. The summed E-state index contributed by atoms with van der Waals surface area (Å²) < 4.78 is 45.7. The van der Waals surface area contributed by atoms with Crippen LogP contribution in [0.4, 0.5) is 0 Å². The van der Waals surface area contributed by atoms with E-state index >= 15 is 0 Å². The molecule has 3 radical (unpaired) electrons. The molecule has 1 aliphatic rings. The van der Waals surface area contributed by atoms with E-state index in [0.29, 0.717) is 5.78 Å². The van der Waals surface area contributed by atoms with E-state index in [1.807, 2.05) is 6.79 Å². The Morgan fingerprint density at radius 3 is 1.05 bits per heavy atom. The van der Waals surface area contributed by atoms with Gasteiger partial charge >= 0.3 is 0 Å². The predicted molar refractivity (Wildman–Crippen MR) is 79.3 cm³/mol. The molecule has 1 aliphatic carbocycles. The van der Waals surface area contributed by atoms with E-state index in [1.54, 1.807) is 0 Å². The Morgan fingerprint density at radius 2 is 0.950 bits per heavy atom. The van der Waals surface area contributed by atoms with Gasteiger partial charge in [0.2, 0.25) is 0 Å². The molecule has 0 spiro atoms. The van der Waals surface area contributed by atoms with Gasteiger partial charge in [0.15, 0.2) is 0 Å². The van der Waals surface area contributed by atoms with Gasteiger partial charge in [-0.3, -0.25) is 23.0 Å². The van der Waals surface area contributed by atoms with Gasteiger partial charge in [-0.2, -0.15) is 8.42 Å². The van der Waals surface area contributed by atoms with Crippen LogP contribution in [-0.4, -0.2) is 128 Å². The molecule has 8 nitrogen and oxygen atoms in total. The zero-order chi connectivity index (χ0) is 14.3. The number of hydrogen-bond donors (Lipinski definition) is 4. The molecule has 0 aromatic rings. The smallest absolute Gasteiger partial charge is 0.299 e. The van der Waals surface area contributed by atoms with E-state index in [0.717, 1.165) is 25.7 Å². The van der Waals surface area contributed by atoms with Gasteiger partial charge in [0.25, 0.3) is 22.7 Å². The SMILES string of the molecule is C=O.O=C1CCCCC1.O=S(O)O.O=S(O)O.[Na].[Na].[Na]. The number of carbonyl (C=O) groups is 2. The molecule has 13 heteroatoms. The maximum Gasteiger partial charge on any atom is 0.299 e. The summed E-state index contributed by atoms with van der Waals surface area (Å²) in [6.45, 7) is 2.00. The van der Waals surface area contributed by atoms with Crippen molar-refractivity contribution >= 4 is 124 Å². The third-order valence-electron chi connectivity index (χ3n) is 1.41. The monoisotopic (exact) mass is 361 g/mol. The fraction of sp³-hybridized carbons (Fsp3) is 0.714. The average Bonchev–Trinajstić information content (AvgIpc) is 2.20. The Hall–Kier alpha value is 2.48. The second-order valence-corrected chi connectivity index (χ2v) is 3.48. The molecule has 20 heavy (non-hydrogen) atoms. The van der Waals surface area contributed by atoms with Crippen LogP contribution in [0.3, 0.4) is 0 Å². The summed E-state index contributed by atoms with van der Waals surface area (Å²) in [6, 6.07) is 0. The van der Waals surface area contributed by atoms with Crippen LogP contribution in [0, 0.1) is 0 Å². The summed E-state index contributed by atoms with van der Waals surface area (Å²) >= 11 is -5.22. The molecule has 1 rings (SSSR count). The number of hydrogen-bond acceptors (Lipinski definition) is 4. The van der Waals surface area contributed by atoms with Crippen LogP contribution in [-0.2, 0) is 32.3 Å². The van der Waals surface area contributed by atoms with Gasteiger partial charge in [-0.25, -0.2) is 0 Å². The molecule has 4 N–H and O–H groups in total. The summed E-state index contributed by atoms with van der Waals surface area (Å²) in [5, 5.41) is 0. The van der Waals surface area contributed by atoms with Gasteiger partial charge in [0.1, 0.15) is 12.6 Å². The molecule has 1 saturated carbocycles. The van der Waals surface area contributed by atoms with Crippen LogP contribution in [0.5, 0.6) is 0 Å². The van der Waals surface area contributed by atoms with Crippen molar-refractivity contribution in [1.29, 1.82) is 0 Å². The molecule has 0 heterocycles. The van der Waals surface area contributed by atoms with E-state index in [1.165, 1.54) is 6.42 Å². The Labute approximate surface area is 189 Å². The average molecular weight is 361 g/mol. The van der Waals surface area contributed by atoms with Crippen LogP contribution in [0.2, 0.25) is 0 Å². The predicted octanol–water partition coefficient (Wildman–Crippen LogP) is -0.445. The van der Waals surface area contributed by atoms with Crippen molar-refractivity contribution in [3.05, 3.63) is 0 Å². The quantitative estimate of drug-likeness (QED) is 0.335. The summed E-state index contributed by atoms with van der Waals surface area (Å²) in [4.78, 5) is 18.5. The minimum absolute atomic E-state index is 0. The Bertz CT molecular complexity index is 216. The molecular weight excluding hydrogens is 345 g/mol. The molecule has 0 aromatic carbocycles. The second-order valence-electron chi connectivity index (χ2n) is 2.56. The van der Waals surface area contributed by atoms with E-state index in [2.05, 4.69) is 0 Å². The zero-order valence-corrected chi connectivity index (χ0v) is 19.6. The fourth-order valence-electron chi connectivity index (χ4n) is 0.946. The van der Waals surface area contributed by atoms with E-state index in [9.17, 15) is 4.79 Å². The third-order valence-corrected chi connectivity index (χ3v) is 1.41. The number of rotatable bonds is 0. The van der Waals surface area contributed by atoms with Crippen LogP contribution >= 0.6 is 0 Å². The largest absolute Gasteiger partial charge is 0.307 e. The van der Waals surface area contributed by atoms with Crippen LogP contribution in [0.1, 0.15) is 32.1 Å². The van der Waals surface area contributed by atoms with Gasteiger partial charge in [-0.15, -0.1) is 0 Å². The van der Waals surface area contributed by atoms with Crippen LogP contribution < -0.4 is 0 Å². The normalized spacial score (nSPS) is 11.6. The molecule has 0 saturated heterocycles. The van der Waals surface area contributed by atoms with Crippen molar-refractivity contribution in [2.75, 3.05) is 0 Å². The van der Waals surface area contributed by atoms with E-state index in [-0.39, 0.29) is 88.7 Å². The number of Topliss-reactive ketones (excluding diaryl/α,β-unsaturated/α-hetero) is 1. The van der Waals surface area contributed by atoms with Gasteiger partial charge in [-0.05, 0) is 12.8 Å². The van der Waals surface area contributed by atoms with E-state index in [4.69, 9.17) is 31.4 Å². The van der Waals surface area contributed by atoms with Crippen molar-refractivity contribution in [2.24, 2.45) is 0 Å².